The Morgan fingerprint density at radius 3 is 2.42 bits per heavy atom. The van der Waals surface area contributed by atoms with Gasteiger partial charge in [-0.05, 0) is 36.6 Å². The van der Waals surface area contributed by atoms with Gasteiger partial charge in [0.25, 0.3) is 5.91 Å². The number of nitrogens with one attached hydrogen (secondary N) is 3. The molecule has 3 N–H and O–H groups in total. The van der Waals surface area contributed by atoms with Crippen molar-refractivity contribution in [1.82, 2.24) is 0 Å². The molecule has 2 aromatic carbocycles. The van der Waals surface area contributed by atoms with Gasteiger partial charge in [-0.2, -0.15) is 0 Å². The normalized spacial score (nSPS) is 19.9. The molecule has 0 saturated carbocycles. The Morgan fingerprint density at radius 2 is 1.77 bits per heavy atom. The van der Waals surface area contributed by atoms with Crippen LogP contribution in [0.5, 0.6) is 0 Å². The van der Waals surface area contributed by atoms with Gasteiger partial charge in [-0.25, -0.2) is 4.39 Å². The molecule has 1 saturated heterocycles. The summed E-state index contributed by atoms with van der Waals surface area (Å²) in [6, 6.07) is 14.8. The molecule has 0 atom stereocenters. The van der Waals surface area contributed by atoms with Crippen LogP contribution in [0.3, 0.4) is 0 Å². The number of hydrogen-bond donors (Lipinski definition) is 3. The van der Waals surface area contributed by atoms with Crippen molar-refractivity contribution in [3.05, 3.63) is 59.9 Å². The van der Waals surface area contributed by atoms with Crippen LogP contribution >= 0.6 is 11.8 Å². The SMILES string of the molecule is CSc1ccc(C[NH+]2CC[NH+](CC(=O)Nc3cccc(F)c3)CC2)cc1. The second-order valence-corrected chi connectivity index (χ2v) is 7.64. The number of piperazine rings is 1. The van der Waals surface area contributed by atoms with Crippen LogP contribution in [0, 0.1) is 5.82 Å². The smallest absolute Gasteiger partial charge is 0.279 e. The predicted octanol–water partition coefficient (Wildman–Crippen LogP) is 0.470. The van der Waals surface area contributed by atoms with Crippen molar-refractivity contribution in [3.63, 3.8) is 0 Å². The number of benzene rings is 2. The third-order valence-corrected chi connectivity index (χ3v) is 5.54. The van der Waals surface area contributed by atoms with Crippen molar-refractivity contribution in [2.45, 2.75) is 11.4 Å². The molecule has 0 bridgehead atoms. The summed E-state index contributed by atoms with van der Waals surface area (Å²) in [6.07, 6.45) is 2.09. The lowest BCUT2D eigenvalue weighted by atomic mass is 10.2. The summed E-state index contributed by atoms with van der Waals surface area (Å²) in [5.74, 6) is -0.389. The van der Waals surface area contributed by atoms with Crippen molar-refractivity contribution in [3.8, 4) is 0 Å². The van der Waals surface area contributed by atoms with Crippen LogP contribution in [0.2, 0.25) is 0 Å². The van der Waals surface area contributed by atoms with E-state index in [2.05, 4.69) is 35.8 Å². The van der Waals surface area contributed by atoms with E-state index in [0.717, 1.165) is 32.7 Å². The number of quaternary nitrogens is 2. The average molecular weight is 376 g/mol. The van der Waals surface area contributed by atoms with Crippen molar-refractivity contribution in [2.75, 3.05) is 44.3 Å². The fourth-order valence-corrected chi connectivity index (χ4v) is 3.75. The fraction of sp³-hybridized carbons (Fsp3) is 0.350. The van der Waals surface area contributed by atoms with Gasteiger partial charge in [0, 0.05) is 16.1 Å². The van der Waals surface area contributed by atoms with Gasteiger partial charge in [0.05, 0.1) is 0 Å². The van der Waals surface area contributed by atoms with E-state index in [1.54, 1.807) is 28.8 Å². The summed E-state index contributed by atoms with van der Waals surface area (Å²) in [5, 5.41) is 2.78. The Kier molecular flexibility index (Phi) is 6.66. The molecule has 6 heteroatoms. The largest absolute Gasteiger partial charge is 0.322 e. The Morgan fingerprint density at radius 1 is 1.08 bits per heavy atom. The quantitative estimate of drug-likeness (QED) is 0.642. The maximum Gasteiger partial charge on any atom is 0.279 e. The molecule has 4 nitrogen and oxygen atoms in total. The summed E-state index contributed by atoms with van der Waals surface area (Å²) >= 11 is 1.76. The third-order valence-electron chi connectivity index (χ3n) is 4.80. The summed E-state index contributed by atoms with van der Waals surface area (Å²) in [5.41, 5.74) is 1.89. The van der Waals surface area contributed by atoms with Crippen molar-refractivity contribution < 1.29 is 19.0 Å². The second kappa shape index (κ2) is 9.16. The minimum absolute atomic E-state index is 0.0540. The number of amides is 1. The molecule has 26 heavy (non-hydrogen) atoms. The standard InChI is InChI=1S/C20H24FN3OS/c1-26-19-7-5-16(6-8-19)14-23-9-11-24(12-10-23)15-20(25)22-18-4-2-3-17(21)13-18/h2-8,13H,9-12,14-15H2,1H3,(H,22,25)/p+2. The predicted molar refractivity (Wildman–Crippen MR) is 103 cm³/mol. The highest BCUT2D eigenvalue weighted by molar-refractivity contribution is 7.98. The molecule has 1 fully saturated rings. The molecule has 0 aromatic heterocycles. The maximum atomic E-state index is 13.2. The van der Waals surface area contributed by atoms with E-state index < -0.39 is 0 Å². The Hall–Kier alpha value is -1.89. The fourth-order valence-electron chi connectivity index (χ4n) is 3.34. The lowest BCUT2D eigenvalue weighted by Crippen LogP contribution is -3.28. The van der Waals surface area contributed by atoms with Crippen molar-refractivity contribution in [2.24, 2.45) is 0 Å². The van der Waals surface area contributed by atoms with Gasteiger partial charge < -0.3 is 15.1 Å². The molecule has 0 aliphatic carbocycles. The summed E-state index contributed by atoms with van der Waals surface area (Å²) in [6.45, 7) is 5.56. The van der Waals surface area contributed by atoms with Crippen LogP contribution in [-0.4, -0.2) is 44.9 Å². The molecule has 0 spiro atoms. The molecule has 1 aliphatic rings. The number of carbonyl (C=O) groups is 1. The van der Waals surface area contributed by atoms with E-state index in [-0.39, 0.29) is 11.7 Å². The van der Waals surface area contributed by atoms with Gasteiger partial charge in [0.2, 0.25) is 0 Å². The molecule has 0 radical (unpaired) electrons. The first-order chi connectivity index (χ1) is 12.6. The first kappa shape index (κ1) is 18.9. The maximum absolute atomic E-state index is 13.2. The summed E-state index contributed by atoms with van der Waals surface area (Å²) in [4.78, 5) is 16.3. The number of thioether (sulfide) groups is 1. The number of halogens is 1. The zero-order chi connectivity index (χ0) is 18.4. The number of carbonyl (C=O) groups excluding carboxylic acids is 1. The topological polar surface area (TPSA) is 38.0 Å². The van der Waals surface area contributed by atoms with E-state index in [4.69, 9.17) is 0 Å². The van der Waals surface area contributed by atoms with Gasteiger partial charge in [0.1, 0.15) is 38.5 Å². The lowest BCUT2D eigenvalue weighted by molar-refractivity contribution is -1.02. The lowest BCUT2D eigenvalue weighted by Gasteiger charge is -2.29. The molecular weight excluding hydrogens is 349 g/mol. The average Bonchev–Trinajstić information content (AvgIpc) is 2.64. The summed E-state index contributed by atoms with van der Waals surface area (Å²) in [7, 11) is 0. The van der Waals surface area contributed by atoms with Crippen molar-refractivity contribution >= 4 is 23.4 Å². The van der Waals surface area contributed by atoms with E-state index in [9.17, 15) is 9.18 Å². The molecule has 1 amide bonds. The van der Waals surface area contributed by atoms with Crippen LogP contribution in [-0.2, 0) is 11.3 Å². The van der Waals surface area contributed by atoms with Crippen LogP contribution in [0.25, 0.3) is 0 Å². The molecule has 0 unspecified atom stereocenters. The Balaban J connectivity index is 1.42. The Bertz CT molecular complexity index is 730. The second-order valence-electron chi connectivity index (χ2n) is 6.76. The van der Waals surface area contributed by atoms with E-state index in [1.165, 1.54) is 27.5 Å². The Labute approximate surface area is 158 Å². The van der Waals surface area contributed by atoms with Gasteiger partial charge in [0.15, 0.2) is 6.54 Å². The highest BCUT2D eigenvalue weighted by atomic mass is 32.2. The first-order valence-corrected chi connectivity index (χ1v) is 10.2. The minimum atomic E-state index is -0.335. The number of hydrogen-bond acceptors (Lipinski definition) is 2. The van der Waals surface area contributed by atoms with E-state index in [1.807, 2.05) is 0 Å². The van der Waals surface area contributed by atoms with Gasteiger partial charge in [-0.3, -0.25) is 4.79 Å². The molecule has 3 rings (SSSR count). The third kappa shape index (κ3) is 5.56. The van der Waals surface area contributed by atoms with Crippen LogP contribution in [0.1, 0.15) is 5.56 Å². The van der Waals surface area contributed by atoms with Crippen molar-refractivity contribution in [1.29, 1.82) is 0 Å². The molecule has 1 heterocycles. The molecule has 1 aliphatic heterocycles. The van der Waals surface area contributed by atoms with Gasteiger partial charge >= 0.3 is 0 Å². The first-order valence-electron chi connectivity index (χ1n) is 8.98. The zero-order valence-electron chi connectivity index (χ0n) is 15.1. The molecule has 2 aromatic rings. The number of rotatable bonds is 6. The van der Waals surface area contributed by atoms with Crippen LogP contribution < -0.4 is 15.1 Å². The van der Waals surface area contributed by atoms with Crippen LogP contribution in [0.4, 0.5) is 10.1 Å². The van der Waals surface area contributed by atoms with E-state index >= 15 is 0 Å². The number of anilines is 1. The van der Waals surface area contributed by atoms with Gasteiger partial charge in [-0.1, -0.05) is 18.2 Å². The zero-order valence-corrected chi connectivity index (χ0v) is 15.9. The van der Waals surface area contributed by atoms with Gasteiger partial charge in [-0.15, -0.1) is 11.8 Å². The monoisotopic (exact) mass is 375 g/mol. The minimum Gasteiger partial charge on any atom is -0.322 e. The van der Waals surface area contributed by atoms with Crippen LogP contribution in [0.15, 0.2) is 53.4 Å². The molecule has 138 valence electrons. The molecular formula is C20H26FN3OS+2. The van der Waals surface area contributed by atoms with E-state index in [0.29, 0.717) is 12.2 Å². The highest BCUT2D eigenvalue weighted by Gasteiger charge is 2.24. The highest BCUT2D eigenvalue weighted by Crippen LogP contribution is 2.14. The summed E-state index contributed by atoms with van der Waals surface area (Å²) < 4.78 is 13.2.